The average molecular weight is 549 g/mol. The van der Waals surface area contributed by atoms with Gasteiger partial charge in [0.05, 0.1) is 13.2 Å². The van der Waals surface area contributed by atoms with Crippen molar-refractivity contribution < 1.29 is 32.6 Å². The number of hydrogen-bond acceptors (Lipinski definition) is 4. The summed E-state index contributed by atoms with van der Waals surface area (Å²) in [5.41, 5.74) is -3.03. The van der Waals surface area contributed by atoms with E-state index in [4.69, 9.17) is 4.74 Å². The maximum absolute atomic E-state index is 16.3. The van der Waals surface area contributed by atoms with Crippen LogP contribution in [0.1, 0.15) is 57.9 Å². The van der Waals surface area contributed by atoms with Crippen LogP contribution < -0.4 is 4.74 Å². The molecule has 0 aromatic heterocycles. The van der Waals surface area contributed by atoms with Gasteiger partial charge in [0.1, 0.15) is 23.6 Å². The molecule has 6 nitrogen and oxygen atoms in total. The number of carboxylic acid groups (broad SMARTS) is 1. The molecule has 1 aromatic rings. The quantitative estimate of drug-likeness (QED) is 0.425. The van der Waals surface area contributed by atoms with Crippen LogP contribution in [0.4, 0.5) is 13.2 Å². The lowest BCUT2D eigenvalue weighted by atomic mass is 9.82. The molecule has 1 N–H and O–H groups in total. The van der Waals surface area contributed by atoms with E-state index in [0.717, 1.165) is 30.8 Å². The minimum Gasteiger partial charge on any atom is -0.493 e. The van der Waals surface area contributed by atoms with E-state index in [-0.39, 0.29) is 18.4 Å². The second-order valence-electron chi connectivity index (χ2n) is 11.1. The van der Waals surface area contributed by atoms with Gasteiger partial charge in [-0.25, -0.2) is 18.0 Å². The Hall–Kier alpha value is -2.81. The molecule has 1 aliphatic carbocycles. The van der Waals surface area contributed by atoms with Crippen LogP contribution in [0.25, 0.3) is 5.57 Å². The molecule has 0 bridgehead atoms. The van der Waals surface area contributed by atoms with Gasteiger partial charge < -0.3 is 19.6 Å². The summed E-state index contributed by atoms with van der Waals surface area (Å²) in [6.45, 7) is 6.04. The SMILES string of the molecule is CCC(F)(CC)CN1CCC(COc2ccc(C3=CC=CCC3(F)C(=O)N3C[C@@H](F)C[C@H]3C(=O)O)cc2)CC1. The summed E-state index contributed by atoms with van der Waals surface area (Å²) in [5, 5.41) is 9.43. The molecule has 39 heavy (non-hydrogen) atoms. The topological polar surface area (TPSA) is 70.1 Å². The predicted molar refractivity (Wildman–Crippen MR) is 144 cm³/mol. The number of alkyl halides is 3. The number of rotatable bonds is 10. The Kier molecular flexibility index (Phi) is 9.09. The van der Waals surface area contributed by atoms with Gasteiger partial charge >= 0.3 is 5.97 Å². The van der Waals surface area contributed by atoms with Gasteiger partial charge in [-0.1, -0.05) is 44.2 Å². The first-order valence-electron chi connectivity index (χ1n) is 14.0. The largest absolute Gasteiger partial charge is 0.493 e. The zero-order valence-electron chi connectivity index (χ0n) is 22.8. The van der Waals surface area contributed by atoms with E-state index in [1.807, 2.05) is 13.8 Å². The van der Waals surface area contributed by atoms with E-state index < -0.39 is 42.0 Å². The van der Waals surface area contributed by atoms with Gasteiger partial charge in [-0.2, -0.15) is 0 Å². The number of allylic oxidation sites excluding steroid dienone is 3. The van der Waals surface area contributed by atoms with Crippen LogP contribution in [0.3, 0.4) is 0 Å². The van der Waals surface area contributed by atoms with Crippen LogP contribution in [0, 0.1) is 5.92 Å². The molecule has 0 radical (unpaired) electrons. The monoisotopic (exact) mass is 548 g/mol. The first-order chi connectivity index (χ1) is 18.6. The number of carbonyl (C=O) groups is 2. The van der Waals surface area contributed by atoms with Crippen molar-refractivity contribution in [2.75, 3.05) is 32.8 Å². The number of aliphatic carboxylic acids is 1. The lowest BCUT2D eigenvalue weighted by Crippen LogP contribution is -2.51. The average Bonchev–Trinajstić information content (AvgIpc) is 3.34. The highest BCUT2D eigenvalue weighted by atomic mass is 19.1. The maximum Gasteiger partial charge on any atom is 0.326 e. The first kappa shape index (κ1) is 29.2. The van der Waals surface area contributed by atoms with Gasteiger partial charge in [0.15, 0.2) is 0 Å². The van der Waals surface area contributed by atoms with Gasteiger partial charge in [0, 0.05) is 25.0 Å². The molecule has 3 aliphatic rings. The molecule has 0 saturated carbocycles. The number of amides is 1. The Balaban J connectivity index is 1.36. The molecule has 1 amide bonds. The number of hydrogen-bond donors (Lipinski definition) is 1. The van der Waals surface area contributed by atoms with Gasteiger partial charge in [-0.3, -0.25) is 4.79 Å². The fourth-order valence-corrected chi connectivity index (χ4v) is 5.77. The lowest BCUT2D eigenvalue weighted by molar-refractivity contribution is -0.152. The summed E-state index contributed by atoms with van der Waals surface area (Å²) < 4.78 is 51.0. The van der Waals surface area contributed by atoms with Crippen LogP contribution >= 0.6 is 0 Å². The third-order valence-electron chi connectivity index (χ3n) is 8.49. The van der Waals surface area contributed by atoms with Crippen molar-refractivity contribution in [3.05, 3.63) is 48.1 Å². The third-order valence-corrected chi connectivity index (χ3v) is 8.49. The number of halogens is 3. The molecule has 2 saturated heterocycles. The predicted octanol–water partition coefficient (Wildman–Crippen LogP) is 5.38. The summed E-state index contributed by atoms with van der Waals surface area (Å²) in [5.74, 6) is -1.38. The highest BCUT2D eigenvalue weighted by Crippen LogP contribution is 2.41. The molecule has 3 atom stereocenters. The summed E-state index contributed by atoms with van der Waals surface area (Å²) in [6, 6.07) is 5.42. The number of benzene rings is 1. The zero-order valence-corrected chi connectivity index (χ0v) is 22.8. The smallest absolute Gasteiger partial charge is 0.326 e. The van der Waals surface area contributed by atoms with Crippen LogP contribution in [-0.4, -0.2) is 83.1 Å². The van der Waals surface area contributed by atoms with E-state index in [1.165, 1.54) is 12.2 Å². The van der Waals surface area contributed by atoms with Crippen molar-refractivity contribution in [1.82, 2.24) is 9.80 Å². The van der Waals surface area contributed by atoms with Crippen molar-refractivity contribution in [2.24, 2.45) is 5.92 Å². The fourth-order valence-electron chi connectivity index (χ4n) is 5.77. The Morgan fingerprint density at radius 2 is 1.82 bits per heavy atom. The highest BCUT2D eigenvalue weighted by molar-refractivity contribution is 6.02. The van der Waals surface area contributed by atoms with Gasteiger partial charge in [-0.05, 0) is 62.4 Å². The molecule has 0 spiro atoms. The Labute approximate surface area is 228 Å². The summed E-state index contributed by atoms with van der Waals surface area (Å²) >= 11 is 0. The van der Waals surface area contributed by atoms with Crippen LogP contribution in [-0.2, 0) is 9.59 Å². The van der Waals surface area contributed by atoms with E-state index in [1.54, 1.807) is 30.3 Å². The van der Waals surface area contributed by atoms with E-state index in [2.05, 4.69) is 4.90 Å². The number of likely N-dealkylation sites (tertiary alicyclic amines) is 2. The van der Waals surface area contributed by atoms with Gasteiger partial charge in [0.25, 0.3) is 5.91 Å². The first-order valence-corrected chi connectivity index (χ1v) is 14.0. The van der Waals surface area contributed by atoms with Crippen molar-refractivity contribution in [1.29, 1.82) is 0 Å². The van der Waals surface area contributed by atoms with Crippen LogP contribution in [0.15, 0.2) is 42.5 Å². The number of piperidine rings is 1. The second-order valence-corrected chi connectivity index (χ2v) is 11.1. The third kappa shape index (κ3) is 6.51. The highest BCUT2D eigenvalue weighted by Gasteiger charge is 2.51. The van der Waals surface area contributed by atoms with E-state index in [0.29, 0.717) is 43.2 Å². The summed E-state index contributed by atoms with van der Waals surface area (Å²) in [4.78, 5) is 27.8. The number of carboxylic acids is 1. The minimum atomic E-state index is -2.49. The molecule has 9 heteroatoms. The minimum absolute atomic E-state index is 0.114. The lowest BCUT2D eigenvalue weighted by Gasteiger charge is -2.36. The fraction of sp³-hybridized carbons (Fsp3) is 0.600. The van der Waals surface area contributed by atoms with E-state index in [9.17, 15) is 23.5 Å². The molecular weight excluding hydrogens is 509 g/mol. The van der Waals surface area contributed by atoms with E-state index >= 15 is 4.39 Å². The number of ether oxygens (including phenoxy) is 1. The summed E-state index contributed by atoms with van der Waals surface area (Å²) in [6.07, 6.45) is 5.48. The van der Waals surface area contributed by atoms with Crippen LogP contribution in [0.2, 0.25) is 0 Å². The molecule has 214 valence electrons. The standard InChI is InChI=1S/C30H39F3N2O4/c1-3-29(32,4-2)20-34-15-12-21(13-16-34)19-39-24-10-8-22(9-11-24)25-7-5-6-14-30(25,33)28(38)35-18-23(31)17-26(35)27(36)37/h5-11,21,23,26H,3-4,12-20H2,1-2H3,(H,36,37)/t23-,26-,30?/m0/s1. The summed E-state index contributed by atoms with van der Waals surface area (Å²) in [7, 11) is 0. The van der Waals surface area contributed by atoms with Crippen LogP contribution in [0.5, 0.6) is 5.75 Å². The van der Waals surface area contributed by atoms with Crippen molar-refractivity contribution in [3.63, 3.8) is 0 Å². The Morgan fingerprint density at radius 3 is 2.44 bits per heavy atom. The second kappa shape index (κ2) is 12.1. The van der Waals surface area contributed by atoms with Gasteiger partial charge in [-0.15, -0.1) is 0 Å². The van der Waals surface area contributed by atoms with Crippen molar-refractivity contribution >= 4 is 17.4 Å². The molecule has 2 fully saturated rings. The Morgan fingerprint density at radius 1 is 1.15 bits per heavy atom. The van der Waals surface area contributed by atoms with Crippen molar-refractivity contribution in [2.45, 2.75) is 75.9 Å². The molecule has 4 rings (SSSR count). The van der Waals surface area contributed by atoms with Gasteiger partial charge in [0.2, 0.25) is 5.67 Å². The zero-order chi connectivity index (χ0) is 28.2. The van der Waals surface area contributed by atoms with Crippen molar-refractivity contribution in [3.8, 4) is 5.75 Å². The normalized spacial score (nSPS) is 26.5. The maximum atomic E-state index is 16.3. The number of carbonyl (C=O) groups excluding carboxylic acids is 1. The molecule has 2 aliphatic heterocycles. The number of nitrogens with zero attached hydrogens (tertiary/aromatic N) is 2. The molecule has 2 heterocycles. The molecule has 1 unspecified atom stereocenters. The molecule has 1 aromatic carbocycles. The molecular formula is C30H39F3N2O4. The Bertz CT molecular complexity index is 1080.